The summed E-state index contributed by atoms with van der Waals surface area (Å²) in [6, 6.07) is 3.51. The van der Waals surface area contributed by atoms with E-state index < -0.39 is 0 Å². The number of rotatable bonds is 9. The van der Waals surface area contributed by atoms with Gasteiger partial charge >= 0.3 is 6.03 Å². The van der Waals surface area contributed by atoms with Gasteiger partial charge in [0.05, 0.1) is 11.6 Å². The zero-order chi connectivity index (χ0) is 17.4. The molecule has 0 aliphatic heterocycles. The summed E-state index contributed by atoms with van der Waals surface area (Å²) >= 11 is 1.58. The molecule has 0 fully saturated rings. The molecule has 0 bridgehead atoms. The first kappa shape index (κ1) is 18.5. The number of aromatic nitrogens is 1. The quantitative estimate of drug-likeness (QED) is 0.677. The predicted molar refractivity (Wildman–Crippen MR) is 95.1 cm³/mol. The van der Waals surface area contributed by atoms with Crippen LogP contribution in [0.3, 0.4) is 0 Å². The summed E-state index contributed by atoms with van der Waals surface area (Å²) in [6.07, 6.45) is 0.800. The lowest BCUT2D eigenvalue weighted by Gasteiger charge is -2.08. The topological polar surface area (TPSA) is 76.4 Å². The second-order valence-electron chi connectivity index (χ2n) is 5.95. The predicted octanol–water partition coefficient (Wildman–Crippen LogP) is 3.57. The highest BCUT2D eigenvalue weighted by Crippen LogP contribution is 2.23. The van der Waals surface area contributed by atoms with Gasteiger partial charge < -0.3 is 19.8 Å². The lowest BCUT2D eigenvalue weighted by Crippen LogP contribution is -2.35. The fourth-order valence-electron chi connectivity index (χ4n) is 2.01. The molecule has 0 aromatic carbocycles. The van der Waals surface area contributed by atoms with Crippen molar-refractivity contribution < 1.29 is 13.9 Å². The number of aryl methyl sites for hydroxylation is 1. The second-order valence-corrected chi connectivity index (χ2v) is 7.01. The van der Waals surface area contributed by atoms with Gasteiger partial charge in [-0.3, -0.25) is 0 Å². The van der Waals surface area contributed by atoms with Crippen LogP contribution in [0.5, 0.6) is 0 Å². The van der Waals surface area contributed by atoms with E-state index in [2.05, 4.69) is 29.5 Å². The minimum absolute atomic E-state index is 0.207. The molecule has 0 radical (unpaired) electrons. The fourth-order valence-corrected chi connectivity index (χ4v) is 2.61. The molecule has 24 heavy (non-hydrogen) atoms. The van der Waals surface area contributed by atoms with Crippen molar-refractivity contribution in [1.29, 1.82) is 0 Å². The molecule has 2 heterocycles. The van der Waals surface area contributed by atoms with Crippen LogP contribution in [0.15, 0.2) is 21.9 Å². The van der Waals surface area contributed by atoms with Crippen molar-refractivity contribution in [2.45, 2.75) is 33.7 Å². The Labute approximate surface area is 146 Å². The van der Waals surface area contributed by atoms with Crippen LogP contribution in [-0.2, 0) is 11.3 Å². The number of furan rings is 1. The minimum Gasteiger partial charge on any atom is -0.458 e. The molecule has 0 aliphatic rings. The Bertz CT molecular complexity index is 637. The van der Waals surface area contributed by atoms with Gasteiger partial charge in [-0.25, -0.2) is 9.78 Å². The van der Waals surface area contributed by atoms with E-state index in [-0.39, 0.29) is 6.03 Å². The van der Waals surface area contributed by atoms with Crippen LogP contribution in [0.4, 0.5) is 4.79 Å². The third-order valence-corrected chi connectivity index (χ3v) is 3.93. The SMILES string of the molecule is Cc1nc(-c2ccc(CNC(=O)NCCCOCC(C)C)o2)cs1. The molecular formula is C17H25N3O3S. The van der Waals surface area contributed by atoms with Crippen LogP contribution in [-0.4, -0.2) is 30.8 Å². The van der Waals surface area contributed by atoms with Crippen molar-refractivity contribution in [3.05, 3.63) is 28.3 Å². The van der Waals surface area contributed by atoms with Crippen LogP contribution in [0.25, 0.3) is 11.5 Å². The summed E-state index contributed by atoms with van der Waals surface area (Å²) in [5.41, 5.74) is 0.828. The summed E-state index contributed by atoms with van der Waals surface area (Å²) in [6.45, 7) is 8.53. The van der Waals surface area contributed by atoms with Crippen molar-refractivity contribution in [1.82, 2.24) is 15.6 Å². The van der Waals surface area contributed by atoms with Gasteiger partial charge in [-0.05, 0) is 31.4 Å². The first-order chi connectivity index (χ1) is 11.5. The maximum Gasteiger partial charge on any atom is 0.315 e. The molecule has 0 aliphatic carbocycles. The van der Waals surface area contributed by atoms with Crippen LogP contribution in [0.1, 0.15) is 31.0 Å². The number of nitrogens with one attached hydrogen (secondary N) is 2. The Morgan fingerprint density at radius 3 is 2.92 bits per heavy atom. The highest BCUT2D eigenvalue weighted by atomic mass is 32.1. The number of hydrogen-bond acceptors (Lipinski definition) is 5. The number of hydrogen-bond donors (Lipinski definition) is 2. The number of amides is 2. The molecule has 0 saturated carbocycles. The summed E-state index contributed by atoms with van der Waals surface area (Å²) in [4.78, 5) is 16.1. The molecular weight excluding hydrogens is 326 g/mol. The highest BCUT2D eigenvalue weighted by Gasteiger charge is 2.08. The highest BCUT2D eigenvalue weighted by molar-refractivity contribution is 7.09. The molecule has 2 rings (SSSR count). The van der Waals surface area contributed by atoms with Gasteiger partial charge in [0, 0.05) is 25.1 Å². The van der Waals surface area contributed by atoms with Crippen LogP contribution in [0.2, 0.25) is 0 Å². The molecule has 6 nitrogen and oxygen atoms in total. The zero-order valence-electron chi connectivity index (χ0n) is 14.4. The third kappa shape index (κ3) is 6.33. The van der Waals surface area contributed by atoms with Gasteiger partial charge in [-0.2, -0.15) is 0 Å². The van der Waals surface area contributed by atoms with E-state index in [0.29, 0.717) is 31.4 Å². The van der Waals surface area contributed by atoms with Gasteiger partial charge in [0.1, 0.15) is 11.5 Å². The minimum atomic E-state index is -0.207. The van der Waals surface area contributed by atoms with Gasteiger partial charge in [0.2, 0.25) is 0 Å². The monoisotopic (exact) mass is 351 g/mol. The van der Waals surface area contributed by atoms with E-state index >= 15 is 0 Å². The Balaban J connectivity index is 1.63. The summed E-state index contributed by atoms with van der Waals surface area (Å²) in [7, 11) is 0. The van der Waals surface area contributed by atoms with Crippen LogP contribution in [0, 0.1) is 12.8 Å². The molecule has 2 aromatic rings. The Kier molecular flexibility index (Phi) is 7.27. The Morgan fingerprint density at radius 2 is 2.21 bits per heavy atom. The standard InChI is InChI=1S/C17H25N3O3S/c1-12(2)10-22-8-4-7-18-17(21)19-9-14-5-6-16(23-14)15-11-24-13(3)20-15/h5-6,11-12H,4,7-10H2,1-3H3,(H2,18,19,21). The zero-order valence-corrected chi connectivity index (χ0v) is 15.2. The Hall–Kier alpha value is -1.86. The molecule has 0 atom stereocenters. The van der Waals surface area contributed by atoms with E-state index in [0.717, 1.165) is 29.5 Å². The molecule has 2 N–H and O–H groups in total. The summed E-state index contributed by atoms with van der Waals surface area (Å²) < 4.78 is 11.2. The molecule has 0 spiro atoms. The van der Waals surface area contributed by atoms with Gasteiger partial charge in [0.25, 0.3) is 0 Å². The van der Waals surface area contributed by atoms with Crippen molar-refractivity contribution in [3.8, 4) is 11.5 Å². The van der Waals surface area contributed by atoms with Gasteiger partial charge in [0.15, 0.2) is 5.76 Å². The second kappa shape index (κ2) is 9.44. The number of carbonyl (C=O) groups excluding carboxylic acids is 1. The van der Waals surface area contributed by atoms with Crippen molar-refractivity contribution >= 4 is 17.4 Å². The molecule has 0 saturated heterocycles. The number of ether oxygens (including phenoxy) is 1. The molecule has 132 valence electrons. The number of nitrogens with zero attached hydrogens (tertiary/aromatic N) is 1. The van der Waals surface area contributed by atoms with Crippen LogP contribution >= 0.6 is 11.3 Å². The normalized spacial score (nSPS) is 11.0. The maximum absolute atomic E-state index is 11.7. The summed E-state index contributed by atoms with van der Waals surface area (Å²) in [5, 5.41) is 8.53. The number of thiazole rings is 1. The smallest absolute Gasteiger partial charge is 0.315 e. The molecule has 2 amide bonds. The molecule has 0 unspecified atom stereocenters. The van der Waals surface area contributed by atoms with E-state index in [4.69, 9.17) is 9.15 Å². The summed E-state index contributed by atoms with van der Waals surface area (Å²) in [5.74, 6) is 1.96. The van der Waals surface area contributed by atoms with Crippen molar-refractivity contribution in [2.75, 3.05) is 19.8 Å². The maximum atomic E-state index is 11.7. The van der Waals surface area contributed by atoms with Crippen molar-refractivity contribution in [3.63, 3.8) is 0 Å². The van der Waals surface area contributed by atoms with Crippen molar-refractivity contribution in [2.24, 2.45) is 5.92 Å². The lowest BCUT2D eigenvalue weighted by atomic mass is 10.2. The Morgan fingerprint density at radius 1 is 1.38 bits per heavy atom. The number of urea groups is 1. The molecule has 7 heteroatoms. The van der Waals surface area contributed by atoms with Gasteiger partial charge in [-0.1, -0.05) is 13.8 Å². The third-order valence-electron chi connectivity index (χ3n) is 3.16. The average molecular weight is 351 g/mol. The lowest BCUT2D eigenvalue weighted by molar-refractivity contribution is 0.108. The first-order valence-electron chi connectivity index (χ1n) is 8.15. The van der Waals surface area contributed by atoms with E-state index in [1.807, 2.05) is 24.4 Å². The van der Waals surface area contributed by atoms with E-state index in [1.54, 1.807) is 11.3 Å². The van der Waals surface area contributed by atoms with E-state index in [1.165, 1.54) is 0 Å². The fraction of sp³-hybridized carbons (Fsp3) is 0.529. The largest absolute Gasteiger partial charge is 0.458 e. The first-order valence-corrected chi connectivity index (χ1v) is 9.03. The average Bonchev–Trinajstić information content (AvgIpc) is 3.17. The molecule has 2 aromatic heterocycles. The number of carbonyl (C=O) groups is 1. The van der Waals surface area contributed by atoms with E-state index in [9.17, 15) is 4.79 Å². The van der Waals surface area contributed by atoms with Gasteiger partial charge in [-0.15, -0.1) is 11.3 Å². The van der Waals surface area contributed by atoms with Crippen LogP contribution < -0.4 is 10.6 Å².